The average molecular weight is 460 g/mol. The molecule has 0 saturated carbocycles. The third kappa shape index (κ3) is 6.15. The molecule has 0 spiro atoms. The van der Waals surface area contributed by atoms with E-state index in [1.54, 1.807) is 29.2 Å². The number of Topliss-reactive ketones (excluding diaryl/α,β-unsaturated/α-hetero) is 1. The van der Waals surface area contributed by atoms with Gasteiger partial charge >= 0.3 is 0 Å². The van der Waals surface area contributed by atoms with Gasteiger partial charge < -0.3 is 14.4 Å². The maximum Gasteiger partial charge on any atom is 0.223 e. The molecular weight excluding hydrogens is 434 g/mol. The topological polar surface area (TPSA) is 55.8 Å². The Kier molecular flexibility index (Phi) is 7.83. The predicted molar refractivity (Wildman–Crippen MR) is 115 cm³/mol. The Bertz CT molecular complexity index is 820. The molecular formula is C23H26BrNO4. The Labute approximate surface area is 180 Å². The van der Waals surface area contributed by atoms with Crippen LogP contribution in [0.1, 0.15) is 48.2 Å². The second-order valence-electron chi connectivity index (χ2n) is 7.05. The summed E-state index contributed by atoms with van der Waals surface area (Å²) in [5.74, 6) is 0.719. The molecule has 29 heavy (non-hydrogen) atoms. The van der Waals surface area contributed by atoms with Crippen LogP contribution in [0.4, 0.5) is 0 Å². The molecule has 2 aromatic rings. The summed E-state index contributed by atoms with van der Waals surface area (Å²) in [5.41, 5.74) is 1.66. The number of rotatable bonds is 8. The first-order valence-corrected chi connectivity index (χ1v) is 10.8. The van der Waals surface area contributed by atoms with Gasteiger partial charge in [-0.2, -0.15) is 0 Å². The van der Waals surface area contributed by atoms with Crippen molar-refractivity contribution < 1.29 is 19.1 Å². The van der Waals surface area contributed by atoms with E-state index in [0.717, 1.165) is 22.2 Å². The highest BCUT2D eigenvalue weighted by Crippen LogP contribution is 2.24. The third-order valence-electron chi connectivity index (χ3n) is 4.88. The minimum atomic E-state index is -0.132. The van der Waals surface area contributed by atoms with Crippen LogP contribution in [-0.4, -0.2) is 42.9 Å². The summed E-state index contributed by atoms with van der Waals surface area (Å²) in [6.07, 6.45) is 1.22. The van der Waals surface area contributed by atoms with E-state index in [0.29, 0.717) is 31.9 Å². The van der Waals surface area contributed by atoms with Crippen LogP contribution in [-0.2, 0) is 9.53 Å². The summed E-state index contributed by atoms with van der Waals surface area (Å²) < 4.78 is 12.4. The van der Waals surface area contributed by atoms with Crippen LogP contribution >= 0.6 is 15.9 Å². The summed E-state index contributed by atoms with van der Waals surface area (Å²) in [7, 11) is 0. The van der Waals surface area contributed by atoms with Crippen molar-refractivity contribution in [3.05, 3.63) is 64.1 Å². The molecule has 1 heterocycles. The molecule has 0 aliphatic carbocycles. The van der Waals surface area contributed by atoms with Gasteiger partial charge in [-0.25, -0.2) is 0 Å². The van der Waals surface area contributed by atoms with E-state index in [9.17, 15) is 9.59 Å². The highest BCUT2D eigenvalue weighted by atomic mass is 79.9. The summed E-state index contributed by atoms with van der Waals surface area (Å²) in [5, 5.41) is 0. The van der Waals surface area contributed by atoms with Crippen molar-refractivity contribution in [2.24, 2.45) is 0 Å². The highest BCUT2D eigenvalue weighted by molar-refractivity contribution is 9.10. The number of ether oxygens (including phenoxy) is 2. The maximum atomic E-state index is 12.6. The largest absolute Gasteiger partial charge is 0.494 e. The van der Waals surface area contributed by atoms with Gasteiger partial charge in [-0.05, 0) is 48.4 Å². The Morgan fingerprint density at radius 2 is 1.83 bits per heavy atom. The zero-order valence-electron chi connectivity index (χ0n) is 16.6. The number of amides is 1. The van der Waals surface area contributed by atoms with Crippen LogP contribution in [0.3, 0.4) is 0 Å². The molecule has 6 heteroatoms. The molecule has 1 aliphatic heterocycles. The SMILES string of the molecule is CCCOc1ccc(C(=O)CCC(=O)N2CCOC(c3ccc(Br)cc3)C2)cc1. The molecule has 0 bridgehead atoms. The van der Waals surface area contributed by atoms with Crippen LogP contribution < -0.4 is 4.74 Å². The quantitative estimate of drug-likeness (QED) is 0.531. The molecule has 5 nitrogen and oxygen atoms in total. The van der Waals surface area contributed by atoms with Gasteiger partial charge in [-0.15, -0.1) is 0 Å². The smallest absolute Gasteiger partial charge is 0.223 e. The number of halogens is 1. The van der Waals surface area contributed by atoms with Gasteiger partial charge in [0.05, 0.1) is 19.8 Å². The van der Waals surface area contributed by atoms with Gasteiger partial charge in [0.2, 0.25) is 5.91 Å². The fourth-order valence-electron chi connectivity index (χ4n) is 3.23. The lowest BCUT2D eigenvalue weighted by molar-refractivity contribution is -0.139. The van der Waals surface area contributed by atoms with Crippen molar-refractivity contribution in [3.8, 4) is 5.75 Å². The number of morpholine rings is 1. The Hall–Kier alpha value is -2.18. The van der Waals surface area contributed by atoms with Crippen LogP contribution in [0, 0.1) is 0 Å². The van der Waals surface area contributed by atoms with Crippen molar-refractivity contribution >= 4 is 27.6 Å². The van der Waals surface area contributed by atoms with Crippen LogP contribution in [0.25, 0.3) is 0 Å². The Morgan fingerprint density at radius 3 is 2.52 bits per heavy atom. The second-order valence-corrected chi connectivity index (χ2v) is 7.96. The highest BCUT2D eigenvalue weighted by Gasteiger charge is 2.25. The zero-order chi connectivity index (χ0) is 20.6. The first-order valence-electron chi connectivity index (χ1n) is 9.97. The first kappa shape index (κ1) is 21.5. The van der Waals surface area contributed by atoms with Crippen molar-refractivity contribution in [2.45, 2.75) is 32.3 Å². The molecule has 1 aliphatic rings. The lowest BCUT2D eigenvalue weighted by atomic mass is 10.0. The zero-order valence-corrected chi connectivity index (χ0v) is 18.2. The normalized spacial score (nSPS) is 16.5. The van der Waals surface area contributed by atoms with Crippen molar-refractivity contribution in [3.63, 3.8) is 0 Å². The summed E-state index contributed by atoms with van der Waals surface area (Å²) >= 11 is 3.43. The number of nitrogens with zero attached hydrogens (tertiary/aromatic N) is 1. The number of carbonyl (C=O) groups excluding carboxylic acids is 2. The van der Waals surface area contributed by atoms with Gasteiger partial charge in [0.15, 0.2) is 5.78 Å². The van der Waals surface area contributed by atoms with E-state index in [-0.39, 0.29) is 30.6 Å². The van der Waals surface area contributed by atoms with Gasteiger partial charge in [0, 0.05) is 29.4 Å². The van der Waals surface area contributed by atoms with E-state index in [1.807, 2.05) is 31.2 Å². The van der Waals surface area contributed by atoms with Crippen LogP contribution in [0.15, 0.2) is 53.0 Å². The van der Waals surface area contributed by atoms with E-state index >= 15 is 0 Å². The Morgan fingerprint density at radius 1 is 1.10 bits per heavy atom. The van der Waals surface area contributed by atoms with Gasteiger partial charge in [0.25, 0.3) is 0 Å². The van der Waals surface area contributed by atoms with E-state index in [1.165, 1.54) is 0 Å². The molecule has 154 valence electrons. The van der Waals surface area contributed by atoms with Gasteiger partial charge in [-0.3, -0.25) is 9.59 Å². The van der Waals surface area contributed by atoms with Gasteiger partial charge in [0.1, 0.15) is 11.9 Å². The fourth-order valence-corrected chi connectivity index (χ4v) is 3.50. The van der Waals surface area contributed by atoms with Crippen molar-refractivity contribution in [1.82, 2.24) is 4.90 Å². The predicted octanol–water partition coefficient (Wildman–Crippen LogP) is 4.80. The fraction of sp³-hybridized carbons (Fsp3) is 0.391. The Balaban J connectivity index is 1.50. The molecule has 1 fully saturated rings. The number of carbonyl (C=O) groups is 2. The van der Waals surface area contributed by atoms with Gasteiger partial charge in [-0.1, -0.05) is 35.0 Å². The molecule has 0 aromatic heterocycles. The average Bonchev–Trinajstić information content (AvgIpc) is 2.76. The molecule has 3 rings (SSSR count). The molecule has 1 unspecified atom stereocenters. The number of hydrogen-bond donors (Lipinski definition) is 0. The van der Waals surface area contributed by atoms with E-state index in [4.69, 9.17) is 9.47 Å². The van der Waals surface area contributed by atoms with E-state index < -0.39 is 0 Å². The van der Waals surface area contributed by atoms with Crippen molar-refractivity contribution in [1.29, 1.82) is 0 Å². The first-order chi connectivity index (χ1) is 14.1. The molecule has 0 N–H and O–H groups in total. The number of hydrogen-bond acceptors (Lipinski definition) is 4. The summed E-state index contributed by atoms with van der Waals surface area (Å²) in [4.78, 5) is 26.9. The lowest BCUT2D eigenvalue weighted by Gasteiger charge is -2.33. The monoisotopic (exact) mass is 459 g/mol. The number of ketones is 1. The summed E-state index contributed by atoms with van der Waals surface area (Å²) in [6.45, 7) is 4.27. The van der Waals surface area contributed by atoms with Crippen molar-refractivity contribution in [2.75, 3.05) is 26.3 Å². The molecule has 1 saturated heterocycles. The molecule has 2 aromatic carbocycles. The van der Waals surface area contributed by atoms with Crippen LogP contribution in [0.2, 0.25) is 0 Å². The van der Waals surface area contributed by atoms with E-state index in [2.05, 4.69) is 15.9 Å². The maximum absolute atomic E-state index is 12.6. The lowest BCUT2D eigenvalue weighted by Crippen LogP contribution is -2.42. The minimum Gasteiger partial charge on any atom is -0.494 e. The van der Waals surface area contributed by atoms with Crippen LogP contribution in [0.5, 0.6) is 5.75 Å². The number of benzene rings is 2. The molecule has 1 amide bonds. The standard InChI is InChI=1S/C23H26BrNO4/c1-2-14-28-20-9-5-17(6-10-20)21(26)11-12-23(27)25-13-15-29-22(16-25)18-3-7-19(24)8-4-18/h3-10,22H,2,11-16H2,1H3. The third-order valence-corrected chi connectivity index (χ3v) is 5.40. The molecule has 0 radical (unpaired) electrons. The second kappa shape index (κ2) is 10.6. The molecule has 1 atom stereocenters. The minimum absolute atomic E-state index is 0.00772. The summed E-state index contributed by atoms with van der Waals surface area (Å²) in [6, 6.07) is 15.1.